The minimum atomic E-state index is -0.289. The van der Waals surface area contributed by atoms with Crippen molar-refractivity contribution in [3.63, 3.8) is 0 Å². The molecule has 0 spiro atoms. The first-order valence-electron chi connectivity index (χ1n) is 10.8. The Kier molecular flexibility index (Phi) is 8.79. The van der Waals surface area contributed by atoms with Crippen LogP contribution in [0.15, 0.2) is 24.3 Å². The first-order chi connectivity index (χ1) is 14.4. The molecule has 0 saturated carbocycles. The minimum absolute atomic E-state index is 0.0699. The van der Waals surface area contributed by atoms with E-state index in [2.05, 4.69) is 76.3 Å². The molecule has 0 bridgehead atoms. The van der Waals surface area contributed by atoms with E-state index in [4.69, 9.17) is 14.2 Å². The molecule has 5 heteroatoms. The molecule has 31 heavy (non-hydrogen) atoms. The summed E-state index contributed by atoms with van der Waals surface area (Å²) in [5, 5.41) is 0. The molecule has 2 aromatic rings. The van der Waals surface area contributed by atoms with Crippen molar-refractivity contribution in [1.29, 1.82) is 0 Å². The number of hydrogen-bond acceptors (Lipinski definition) is 3. The van der Waals surface area contributed by atoms with Crippen LogP contribution in [0, 0.1) is 21.7 Å². The van der Waals surface area contributed by atoms with Crippen LogP contribution in [0.3, 0.4) is 0 Å². The topological polar surface area (TPSA) is 27.7 Å². The normalized spacial score (nSPS) is 12.2. The summed E-state index contributed by atoms with van der Waals surface area (Å²) in [7, 11) is 1.59. The van der Waals surface area contributed by atoms with Gasteiger partial charge in [0.1, 0.15) is 17.3 Å². The standard InChI is InChI=1S/C26H36FIO3/c1-9-10-30-23-17(2)11-19(27)14-21(23)20-12-18(26(6,7)15-25(3,4)5)13-22(28)24(20)31-16-29-8/h11-14H,9-10,15-16H2,1-8H3. The lowest BCUT2D eigenvalue weighted by Crippen LogP contribution is -2.25. The smallest absolute Gasteiger partial charge is 0.188 e. The van der Waals surface area contributed by atoms with Gasteiger partial charge in [0.2, 0.25) is 0 Å². The van der Waals surface area contributed by atoms with Crippen LogP contribution in [0.5, 0.6) is 11.5 Å². The Labute approximate surface area is 200 Å². The third-order valence-electron chi connectivity index (χ3n) is 5.10. The first kappa shape index (κ1) is 25.9. The summed E-state index contributed by atoms with van der Waals surface area (Å²) >= 11 is 2.30. The zero-order valence-corrected chi connectivity index (χ0v) is 22.3. The SMILES string of the molecule is CCCOc1c(C)cc(F)cc1-c1cc(C(C)(C)CC(C)(C)C)cc(I)c1OCOC. The highest BCUT2D eigenvalue weighted by Crippen LogP contribution is 2.45. The zero-order chi connectivity index (χ0) is 23.4. The summed E-state index contributed by atoms with van der Waals surface area (Å²) in [4.78, 5) is 0. The summed E-state index contributed by atoms with van der Waals surface area (Å²) in [6.45, 7) is 15.9. The lowest BCUT2D eigenvalue weighted by atomic mass is 9.72. The van der Waals surface area contributed by atoms with Gasteiger partial charge in [-0.05, 0) is 88.6 Å². The van der Waals surface area contributed by atoms with Gasteiger partial charge < -0.3 is 14.2 Å². The second kappa shape index (κ2) is 10.5. The van der Waals surface area contributed by atoms with Crippen LogP contribution in [-0.2, 0) is 10.2 Å². The molecule has 0 aromatic heterocycles. The van der Waals surface area contributed by atoms with Gasteiger partial charge in [-0.1, -0.05) is 41.5 Å². The second-order valence-electron chi connectivity index (χ2n) is 9.95. The van der Waals surface area contributed by atoms with Gasteiger partial charge in [-0.2, -0.15) is 0 Å². The summed E-state index contributed by atoms with van der Waals surface area (Å²) in [6.07, 6.45) is 1.88. The maximum atomic E-state index is 14.5. The predicted molar refractivity (Wildman–Crippen MR) is 135 cm³/mol. The monoisotopic (exact) mass is 542 g/mol. The highest BCUT2D eigenvalue weighted by Gasteiger charge is 2.30. The van der Waals surface area contributed by atoms with E-state index in [0.717, 1.165) is 27.5 Å². The van der Waals surface area contributed by atoms with Crippen molar-refractivity contribution in [2.75, 3.05) is 20.5 Å². The number of rotatable bonds is 9. The molecule has 0 aliphatic rings. The molecule has 0 fully saturated rings. The molecule has 0 heterocycles. The van der Waals surface area contributed by atoms with Gasteiger partial charge in [0.05, 0.1) is 10.2 Å². The van der Waals surface area contributed by atoms with Gasteiger partial charge in [-0.25, -0.2) is 4.39 Å². The molecule has 0 saturated heterocycles. The fraction of sp³-hybridized carbons (Fsp3) is 0.538. The molecule has 3 nitrogen and oxygen atoms in total. The van der Waals surface area contributed by atoms with Gasteiger partial charge in [-0.3, -0.25) is 0 Å². The van der Waals surface area contributed by atoms with Crippen LogP contribution >= 0.6 is 22.6 Å². The van der Waals surface area contributed by atoms with Crippen LogP contribution in [-0.4, -0.2) is 20.5 Å². The Hall–Kier alpha value is -1.34. The van der Waals surface area contributed by atoms with Crippen molar-refractivity contribution in [2.24, 2.45) is 5.41 Å². The van der Waals surface area contributed by atoms with Crippen LogP contribution in [0.2, 0.25) is 0 Å². The molecule has 0 aliphatic carbocycles. The van der Waals surface area contributed by atoms with E-state index in [-0.39, 0.29) is 23.4 Å². The number of benzene rings is 2. The average molecular weight is 542 g/mol. The maximum absolute atomic E-state index is 14.5. The summed E-state index contributed by atoms with van der Waals surface area (Å²) in [5.74, 6) is 1.10. The highest BCUT2D eigenvalue weighted by molar-refractivity contribution is 14.1. The third-order valence-corrected chi connectivity index (χ3v) is 5.90. The van der Waals surface area contributed by atoms with E-state index in [1.807, 2.05) is 6.92 Å². The van der Waals surface area contributed by atoms with Crippen molar-refractivity contribution in [3.05, 3.63) is 44.8 Å². The molecule has 0 aliphatic heterocycles. The van der Waals surface area contributed by atoms with Crippen LogP contribution in [0.1, 0.15) is 65.5 Å². The molecule has 0 radical (unpaired) electrons. The maximum Gasteiger partial charge on any atom is 0.188 e. The molecule has 2 aromatic carbocycles. The van der Waals surface area contributed by atoms with Crippen LogP contribution in [0.4, 0.5) is 4.39 Å². The Morgan fingerprint density at radius 2 is 1.58 bits per heavy atom. The van der Waals surface area contributed by atoms with Crippen molar-refractivity contribution < 1.29 is 18.6 Å². The fourth-order valence-electron chi connectivity index (χ4n) is 4.20. The van der Waals surface area contributed by atoms with E-state index >= 15 is 0 Å². The molecular weight excluding hydrogens is 506 g/mol. The Morgan fingerprint density at radius 1 is 0.935 bits per heavy atom. The van der Waals surface area contributed by atoms with Crippen LogP contribution < -0.4 is 9.47 Å². The quantitative estimate of drug-likeness (QED) is 0.238. The van der Waals surface area contributed by atoms with E-state index in [0.29, 0.717) is 23.7 Å². The van der Waals surface area contributed by atoms with Crippen molar-refractivity contribution in [3.8, 4) is 22.6 Å². The number of aryl methyl sites for hydroxylation is 1. The number of methoxy groups -OCH3 is 1. The molecular formula is C26H36FIO3. The average Bonchev–Trinajstić information content (AvgIpc) is 2.63. The van der Waals surface area contributed by atoms with E-state index < -0.39 is 0 Å². The van der Waals surface area contributed by atoms with Gasteiger partial charge in [0.25, 0.3) is 0 Å². The van der Waals surface area contributed by atoms with Gasteiger partial charge in [0.15, 0.2) is 6.79 Å². The largest absolute Gasteiger partial charge is 0.493 e. The first-order valence-corrected chi connectivity index (χ1v) is 11.9. The third kappa shape index (κ3) is 6.82. The fourth-order valence-corrected chi connectivity index (χ4v) is 4.98. The van der Waals surface area contributed by atoms with Gasteiger partial charge >= 0.3 is 0 Å². The Balaban J connectivity index is 2.76. The van der Waals surface area contributed by atoms with E-state index in [1.165, 1.54) is 11.6 Å². The van der Waals surface area contributed by atoms with Crippen molar-refractivity contribution in [1.82, 2.24) is 0 Å². The predicted octanol–water partition coefficient (Wildman–Crippen LogP) is 7.89. The number of halogens is 2. The molecule has 0 unspecified atom stereocenters. The number of ether oxygens (including phenoxy) is 3. The summed E-state index contributed by atoms with van der Waals surface area (Å²) in [6, 6.07) is 7.36. The molecule has 0 amide bonds. The van der Waals surface area contributed by atoms with Crippen molar-refractivity contribution >= 4 is 22.6 Å². The lowest BCUT2D eigenvalue weighted by Gasteiger charge is -2.34. The molecule has 0 atom stereocenters. The van der Waals surface area contributed by atoms with E-state index in [1.54, 1.807) is 13.2 Å². The van der Waals surface area contributed by atoms with Crippen molar-refractivity contribution in [2.45, 2.75) is 66.7 Å². The van der Waals surface area contributed by atoms with Gasteiger partial charge in [-0.15, -0.1) is 0 Å². The van der Waals surface area contributed by atoms with Gasteiger partial charge in [0, 0.05) is 18.2 Å². The lowest BCUT2D eigenvalue weighted by molar-refractivity contribution is 0.0509. The Morgan fingerprint density at radius 3 is 2.16 bits per heavy atom. The highest BCUT2D eigenvalue weighted by atomic mass is 127. The Bertz CT molecular complexity index is 901. The summed E-state index contributed by atoms with van der Waals surface area (Å²) in [5.41, 5.74) is 3.61. The van der Waals surface area contributed by atoms with E-state index in [9.17, 15) is 4.39 Å². The molecule has 2 rings (SSSR count). The molecule has 172 valence electrons. The molecule has 0 N–H and O–H groups in total. The minimum Gasteiger partial charge on any atom is -0.493 e. The second-order valence-corrected chi connectivity index (χ2v) is 11.1. The van der Waals surface area contributed by atoms with Crippen LogP contribution in [0.25, 0.3) is 11.1 Å². The number of hydrogen-bond donors (Lipinski definition) is 0. The zero-order valence-electron chi connectivity index (χ0n) is 20.1. The summed E-state index contributed by atoms with van der Waals surface area (Å²) < 4.78 is 32.7.